The van der Waals surface area contributed by atoms with Crippen LogP contribution in [0.3, 0.4) is 0 Å². The van der Waals surface area contributed by atoms with Crippen molar-refractivity contribution >= 4 is 11.8 Å². The Kier molecular flexibility index (Phi) is 8.05. The Morgan fingerprint density at radius 2 is 2.26 bits per heavy atom. The van der Waals surface area contributed by atoms with Gasteiger partial charge >= 0.3 is 0 Å². The van der Waals surface area contributed by atoms with E-state index in [1.54, 1.807) is 13.2 Å². The van der Waals surface area contributed by atoms with Gasteiger partial charge in [0, 0.05) is 37.5 Å². The summed E-state index contributed by atoms with van der Waals surface area (Å²) in [6.07, 6.45) is 0. The largest absolute Gasteiger partial charge is 0.396 e. The average Bonchev–Trinajstić information content (AvgIpc) is 2.42. The molecule has 0 spiro atoms. The molecule has 0 heterocycles. The maximum atomic E-state index is 13.8. The summed E-state index contributed by atoms with van der Waals surface area (Å²) in [6.45, 7) is 4.08. The molecule has 0 aromatic heterocycles. The molecular formula is C14H22FNO2S. The second kappa shape index (κ2) is 9.31. The monoisotopic (exact) mass is 287 g/mol. The molecule has 1 aromatic carbocycles. The van der Waals surface area contributed by atoms with Crippen molar-refractivity contribution in [3.8, 4) is 0 Å². The van der Waals surface area contributed by atoms with Crippen LogP contribution in [0.1, 0.15) is 12.5 Å². The number of aliphatic hydroxyl groups excluding tert-OH is 1. The molecule has 1 atom stereocenters. The first-order chi connectivity index (χ1) is 9.19. The predicted octanol–water partition coefficient (Wildman–Crippen LogP) is 2.28. The molecule has 3 nitrogen and oxygen atoms in total. The van der Waals surface area contributed by atoms with Crippen LogP contribution in [0.2, 0.25) is 0 Å². The molecule has 2 N–H and O–H groups in total. The summed E-state index contributed by atoms with van der Waals surface area (Å²) in [5.74, 6) is 0.683. The van der Waals surface area contributed by atoms with Crippen molar-refractivity contribution in [2.24, 2.45) is 5.92 Å². The Bertz CT molecular complexity index is 376. The number of ether oxygens (including phenoxy) is 1. The summed E-state index contributed by atoms with van der Waals surface area (Å²) in [5.41, 5.74) is 0.950. The van der Waals surface area contributed by atoms with Gasteiger partial charge in [-0.15, -0.1) is 11.8 Å². The highest BCUT2D eigenvalue weighted by molar-refractivity contribution is 7.99. The maximum Gasteiger partial charge on any atom is 0.137 e. The summed E-state index contributed by atoms with van der Waals surface area (Å²) in [7, 11) is 1.65. The van der Waals surface area contributed by atoms with Gasteiger partial charge in [0.25, 0.3) is 0 Å². The Hall–Kier alpha value is -0.620. The van der Waals surface area contributed by atoms with E-state index < -0.39 is 0 Å². The van der Waals surface area contributed by atoms with Crippen molar-refractivity contribution in [1.82, 2.24) is 5.32 Å². The van der Waals surface area contributed by atoms with Crippen molar-refractivity contribution in [2.75, 3.05) is 32.6 Å². The number of rotatable bonds is 9. The number of hydrogen-bond donors (Lipinski definition) is 2. The minimum absolute atomic E-state index is 0.128. The zero-order valence-corrected chi connectivity index (χ0v) is 12.3. The first-order valence-electron chi connectivity index (χ1n) is 6.39. The Balaban J connectivity index is 2.61. The summed E-state index contributed by atoms with van der Waals surface area (Å²) in [6, 6.07) is 5.13. The molecule has 1 rings (SSSR count). The molecule has 19 heavy (non-hydrogen) atoms. The van der Waals surface area contributed by atoms with E-state index in [-0.39, 0.29) is 18.3 Å². The minimum atomic E-state index is -0.193. The molecule has 0 aliphatic carbocycles. The molecule has 5 heteroatoms. The van der Waals surface area contributed by atoms with Crippen LogP contribution in [0.15, 0.2) is 23.1 Å². The molecule has 0 bridgehead atoms. The lowest BCUT2D eigenvalue weighted by molar-refractivity contribution is 0.199. The number of thioether (sulfide) groups is 1. The number of methoxy groups -OCH3 is 1. The Labute approximate surface area is 118 Å². The van der Waals surface area contributed by atoms with Gasteiger partial charge < -0.3 is 15.2 Å². The van der Waals surface area contributed by atoms with Gasteiger partial charge in [-0.05, 0) is 17.5 Å². The van der Waals surface area contributed by atoms with Crippen LogP contribution in [0.25, 0.3) is 0 Å². The molecular weight excluding hydrogens is 265 g/mol. The van der Waals surface area contributed by atoms with Crippen LogP contribution < -0.4 is 5.32 Å². The van der Waals surface area contributed by atoms with E-state index in [2.05, 4.69) is 5.32 Å². The number of nitrogens with one attached hydrogen (secondary N) is 1. The van der Waals surface area contributed by atoms with E-state index >= 15 is 0 Å². The first kappa shape index (κ1) is 16.4. The zero-order valence-electron chi connectivity index (χ0n) is 11.5. The molecule has 0 aliphatic heterocycles. The van der Waals surface area contributed by atoms with E-state index in [1.807, 2.05) is 13.0 Å². The number of halogens is 1. The summed E-state index contributed by atoms with van der Waals surface area (Å²) >= 11 is 1.46. The van der Waals surface area contributed by atoms with Crippen LogP contribution in [0.4, 0.5) is 4.39 Å². The maximum absolute atomic E-state index is 13.8. The zero-order chi connectivity index (χ0) is 14.1. The van der Waals surface area contributed by atoms with Crippen molar-refractivity contribution in [3.05, 3.63) is 29.6 Å². The molecule has 0 amide bonds. The van der Waals surface area contributed by atoms with Crippen LogP contribution >= 0.6 is 11.8 Å². The van der Waals surface area contributed by atoms with Gasteiger partial charge in [-0.1, -0.05) is 19.1 Å². The normalized spacial score (nSPS) is 12.6. The smallest absolute Gasteiger partial charge is 0.137 e. The van der Waals surface area contributed by atoms with Crippen LogP contribution in [0, 0.1) is 11.7 Å². The molecule has 1 unspecified atom stereocenters. The fraction of sp³-hybridized carbons (Fsp3) is 0.571. The quantitative estimate of drug-likeness (QED) is 0.540. The van der Waals surface area contributed by atoms with E-state index in [4.69, 9.17) is 9.84 Å². The topological polar surface area (TPSA) is 41.5 Å². The van der Waals surface area contributed by atoms with Gasteiger partial charge in [-0.25, -0.2) is 4.39 Å². The lowest BCUT2D eigenvalue weighted by Gasteiger charge is -2.13. The summed E-state index contributed by atoms with van der Waals surface area (Å²) in [4.78, 5) is 0.674. The number of aliphatic hydroxyl groups is 1. The van der Waals surface area contributed by atoms with Gasteiger partial charge in [-0.3, -0.25) is 0 Å². The molecule has 0 saturated carbocycles. The van der Waals surface area contributed by atoms with E-state index in [1.165, 1.54) is 17.8 Å². The SMILES string of the molecule is COCCNCc1cccc(F)c1SCC(C)CO. The van der Waals surface area contributed by atoms with Gasteiger partial charge in [0.1, 0.15) is 5.82 Å². The van der Waals surface area contributed by atoms with Crippen LogP contribution in [0.5, 0.6) is 0 Å². The van der Waals surface area contributed by atoms with Crippen LogP contribution in [-0.2, 0) is 11.3 Å². The lowest BCUT2D eigenvalue weighted by Crippen LogP contribution is -2.19. The standard InChI is InChI=1S/C14H22FNO2S/c1-11(9-17)10-19-14-12(4-3-5-13(14)15)8-16-6-7-18-2/h3-5,11,16-17H,6-10H2,1-2H3. The minimum Gasteiger partial charge on any atom is -0.396 e. The molecule has 0 fully saturated rings. The third-order valence-electron chi connectivity index (χ3n) is 2.67. The highest BCUT2D eigenvalue weighted by Crippen LogP contribution is 2.27. The predicted molar refractivity (Wildman–Crippen MR) is 77.0 cm³/mol. The van der Waals surface area contributed by atoms with Gasteiger partial charge in [-0.2, -0.15) is 0 Å². The summed E-state index contributed by atoms with van der Waals surface area (Å²) in [5, 5.41) is 12.2. The van der Waals surface area contributed by atoms with Crippen molar-refractivity contribution in [2.45, 2.75) is 18.4 Å². The third kappa shape index (κ3) is 5.91. The fourth-order valence-corrected chi connectivity index (χ4v) is 2.62. The third-order valence-corrected chi connectivity index (χ3v) is 4.15. The number of benzene rings is 1. The van der Waals surface area contributed by atoms with Crippen molar-refractivity contribution < 1.29 is 14.2 Å². The van der Waals surface area contributed by atoms with Crippen LogP contribution in [-0.4, -0.2) is 37.7 Å². The van der Waals surface area contributed by atoms with E-state index in [0.29, 0.717) is 23.8 Å². The lowest BCUT2D eigenvalue weighted by atomic mass is 10.2. The van der Waals surface area contributed by atoms with Crippen molar-refractivity contribution in [1.29, 1.82) is 0 Å². The van der Waals surface area contributed by atoms with Gasteiger partial charge in [0.15, 0.2) is 0 Å². The second-order valence-electron chi connectivity index (χ2n) is 4.50. The van der Waals surface area contributed by atoms with E-state index in [9.17, 15) is 4.39 Å². The van der Waals surface area contributed by atoms with Gasteiger partial charge in [0.2, 0.25) is 0 Å². The first-order valence-corrected chi connectivity index (χ1v) is 7.38. The highest BCUT2D eigenvalue weighted by Gasteiger charge is 2.10. The molecule has 108 valence electrons. The number of hydrogen-bond acceptors (Lipinski definition) is 4. The van der Waals surface area contributed by atoms with Gasteiger partial charge in [0.05, 0.1) is 6.61 Å². The van der Waals surface area contributed by atoms with E-state index in [0.717, 1.165) is 12.1 Å². The van der Waals surface area contributed by atoms with Crippen molar-refractivity contribution in [3.63, 3.8) is 0 Å². The molecule has 0 saturated heterocycles. The molecule has 0 aliphatic rings. The summed E-state index contributed by atoms with van der Waals surface area (Å²) < 4.78 is 18.8. The average molecular weight is 287 g/mol. The Morgan fingerprint density at radius 1 is 1.47 bits per heavy atom. The Morgan fingerprint density at radius 3 is 2.95 bits per heavy atom. The highest BCUT2D eigenvalue weighted by atomic mass is 32.2. The second-order valence-corrected chi connectivity index (χ2v) is 5.53. The molecule has 0 radical (unpaired) electrons. The molecule has 1 aromatic rings. The fourth-order valence-electron chi connectivity index (χ4n) is 1.53.